The van der Waals surface area contributed by atoms with E-state index in [0.29, 0.717) is 0 Å². The lowest BCUT2D eigenvalue weighted by Crippen LogP contribution is -2.19. The summed E-state index contributed by atoms with van der Waals surface area (Å²) in [6.07, 6.45) is 11.3. The molecule has 0 N–H and O–H groups in total. The van der Waals surface area contributed by atoms with E-state index in [-0.39, 0.29) is 0 Å². The van der Waals surface area contributed by atoms with E-state index in [1.165, 1.54) is 51.4 Å². The van der Waals surface area contributed by atoms with Crippen LogP contribution in [0, 0.1) is 11.8 Å². The van der Waals surface area contributed by atoms with Gasteiger partial charge in [-0.2, -0.15) is 0 Å². The SMILES string of the molecule is CCCC1CCCCC1CCCCl. The maximum absolute atomic E-state index is 5.75. The third-order valence-electron chi connectivity index (χ3n) is 3.43. The van der Waals surface area contributed by atoms with Gasteiger partial charge in [0.1, 0.15) is 0 Å². The fourth-order valence-corrected chi connectivity index (χ4v) is 2.91. The number of rotatable bonds is 5. The molecule has 1 rings (SSSR count). The Bertz CT molecular complexity index is 120. The van der Waals surface area contributed by atoms with Crippen molar-refractivity contribution in [3.8, 4) is 0 Å². The van der Waals surface area contributed by atoms with Crippen molar-refractivity contribution >= 4 is 11.6 Å². The molecule has 13 heavy (non-hydrogen) atoms. The molecule has 0 nitrogen and oxygen atoms in total. The number of alkyl halides is 1. The molecule has 0 radical (unpaired) electrons. The summed E-state index contributed by atoms with van der Waals surface area (Å²) in [6, 6.07) is 0. The van der Waals surface area contributed by atoms with Crippen molar-refractivity contribution in [1.82, 2.24) is 0 Å². The van der Waals surface area contributed by atoms with E-state index in [1.54, 1.807) is 0 Å². The van der Waals surface area contributed by atoms with Gasteiger partial charge in [-0.3, -0.25) is 0 Å². The second-order valence-corrected chi connectivity index (χ2v) is 4.80. The zero-order valence-corrected chi connectivity index (χ0v) is 9.65. The van der Waals surface area contributed by atoms with Crippen molar-refractivity contribution in [3.05, 3.63) is 0 Å². The molecule has 2 unspecified atom stereocenters. The van der Waals surface area contributed by atoms with Crippen LogP contribution in [-0.2, 0) is 0 Å². The van der Waals surface area contributed by atoms with Gasteiger partial charge < -0.3 is 0 Å². The molecule has 0 aromatic heterocycles. The minimum Gasteiger partial charge on any atom is -0.127 e. The summed E-state index contributed by atoms with van der Waals surface area (Å²) in [5, 5.41) is 0. The largest absolute Gasteiger partial charge is 0.127 e. The molecular weight excluding hydrogens is 180 g/mol. The number of hydrogen-bond donors (Lipinski definition) is 0. The van der Waals surface area contributed by atoms with Crippen molar-refractivity contribution in [2.45, 2.75) is 58.3 Å². The first-order valence-electron chi connectivity index (χ1n) is 5.94. The first-order chi connectivity index (χ1) is 6.38. The molecule has 0 aromatic carbocycles. The second-order valence-electron chi connectivity index (χ2n) is 4.42. The van der Waals surface area contributed by atoms with Crippen LogP contribution in [0.2, 0.25) is 0 Å². The Morgan fingerprint density at radius 1 is 1.08 bits per heavy atom. The van der Waals surface area contributed by atoms with E-state index in [0.717, 1.165) is 17.7 Å². The summed E-state index contributed by atoms with van der Waals surface area (Å²) in [6.45, 7) is 2.31. The third-order valence-corrected chi connectivity index (χ3v) is 3.70. The molecule has 0 heterocycles. The topological polar surface area (TPSA) is 0 Å². The van der Waals surface area contributed by atoms with Crippen LogP contribution in [0.5, 0.6) is 0 Å². The normalized spacial score (nSPS) is 29.1. The molecule has 78 valence electrons. The quantitative estimate of drug-likeness (QED) is 0.571. The monoisotopic (exact) mass is 202 g/mol. The third kappa shape index (κ3) is 3.89. The maximum atomic E-state index is 5.75. The first-order valence-corrected chi connectivity index (χ1v) is 6.48. The molecule has 2 atom stereocenters. The van der Waals surface area contributed by atoms with E-state index >= 15 is 0 Å². The fourth-order valence-electron chi connectivity index (χ4n) is 2.75. The molecule has 0 spiro atoms. The predicted octanol–water partition coefficient (Wildman–Crippen LogP) is 4.61. The highest BCUT2D eigenvalue weighted by atomic mass is 35.5. The van der Waals surface area contributed by atoms with Crippen molar-refractivity contribution in [2.24, 2.45) is 11.8 Å². The van der Waals surface area contributed by atoms with Gasteiger partial charge in [-0.15, -0.1) is 11.6 Å². The minimum atomic E-state index is 0.856. The van der Waals surface area contributed by atoms with Gasteiger partial charge in [-0.25, -0.2) is 0 Å². The van der Waals surface area contributed by atoms with Crippen molar-refractivity contribution in [3.63, 3.8) is 0 Å². The van der Waals surface area contributed by atoms with Gasteiger partial charge in [0.05, 0.1) is 0 Å². The molecule has 0 bridgehead atoms. The summed E-state index contributed by atoms with van der Waals surface area (Å²) < 4.78 is 0. The summed E-state index contributed by atoms with van der Waals surface area (Å²) in [5.74, 6) is 2.89. The molecule has 1 saturated carbocycles. The average Bonchev–Trinajstić information content (AvgIpc) is 2.17. The molecule has 1 heteroatoms. The molecule has 0 amide bonds. The minimum absolute atomic E-state index is 0.856. The van der Waals surface area contributed by atoms with Crippen LogP contribution in [0.25, 0.3) is 0 Å². The Kier molecular flexibility index (Phi) is 5.86. The molecule has 0 aliphatic heterocycles. The number of halogens is 1. The molecule has 0 saturated heterocycles. The molecule has 0 aromatic rings. The maximum Gasteiger partial charge on any atom is 0.0223 e. The smallest absolute Gasteiger partial charge is 0.0223 e. The predicted molar refractivity (Wildman–Crippen MR) is 60.3 cm³/mol. The first kappa shape index (κ1) is 11.4. The molecular formula is C12H23Cl. The van der Waals surface area contributed by atoms with Gasteiger partial charge in [-0.1, -0.05) is 45.4 Å². The van der Waals surface area contributed by atoms with Crippen molar-refractivity contribution in [2.75, 3.05) is 5.88 Å². The fraction of sp³-hybridized carbons (Fsp3) is 1.00. The molecule has 1 fully saturated rings. The van der Waals surface area contributed by atoms with E-state index in [4.69, 9.17) is 11.6 Å². The zero-order valence-electron chi connectivity index (χ0n) is 8.90. The second kappa shape index (κ2) is 6.70. The molecule has 1 aliphatic carbocycles. The standard InChI is InChI=1S/C12H23Cl/c1-2-6-11-7-3-4-8-12(11)9-5-10-13/h11-12H,2-10H2,1H3. The highest BCUT2D eigenvalue weighted by molar-refractivity contribution is 6.17. The van der Waals surface area contributed by atoms with Gasteiger partial charge >= 0.3 is 0 Å². The Balaban J connectivity index is 2.28. The zero-order chi connectivity index (χ0) is 9.52. The summed E-state index contributed by atoms with van der Waals surface area (Å²) in [5.41, 5.74) is 0. The van der Waals surface area contributed by atoms with Crippen LogP contribution >= 0.6 is 11.6 Å². The lowest BCUT2D eigenvalue weighted by atomic mass is 9.75. The average molecular weight is 203 g/mol. The van der Waals surface area contributed by atoms with Crippen LogP contribution in [0.3, 0.4) is 0 Å². The van der Waals surface area contributed by atoms with Crippen molar-refractivity contribution < 1.29 is 0 Å². The van der Waals surface area contributed by atoms with Gasteiger partial charge in [0.2, 0.25) is 0 Å². The Morgan fingerprint density at radius 3 is 2.23 bits per heavy atom. The van der Waals surface area contributed by atoms with Crippen LogP contribution < -0.4 is 0 Å². The van der Waals surface area contributed by atoms with Crippen molar-refractivity contribution in [1.29, 1.82) is 0 Å². The highest BCUT2D eigenvalue weighted by Crippen LogP contribution is 2.35. The number of hydrogen-bond acceptors (Lipinski definition) is 0. The lowest BCUT2D eigenvalue weighted by Gasteiger charge is -2.31. The van der Waals surface area contributed by atoms with Gasteiger partial charge in [-0.05, 0) is 24.7 Å². The van der Waals surface area contributed by atoms with Crippen LogP contribution in [0.15, 0.2) is 0 Å². The van der Waals surface area contributed by atoms with E-state index < -0.39 is 0 Å². The lowest BCUT2D eigenvalue weighted by molar-refractivity contribution is 0.209. The van der Waals surface area contributed by atoms with Crippen LogP contribution in [0.4, 0.5) is 0 Å². The summed E-state index contributed by atoms with van der Waals surface area (Å²) in [4.78, 5) is 0. The summed E-state index contributed by atoms with van der Waals surface area (Å²) in [7, 11) is 0. The highest BCUT2D eigenvalue weighted by Gasteiger charge is 2.23. The Morgan fingerprint density at radius 2 is 1.69 bits per heavy atom. The van der Waals surface area contributed by atoms with Crippen LogP contribution in [0.1, 0.15) is 58.3 Å². The van der Waals surface area contributed by atoms with E-state index in [9.17, 15) is 0 Å². The summed E-state index contributed by atoms with van der Waals surface area (Å²) >= 11 is 5.75. The Labute approximate surface area is 88.1 Å². The van der Waals surface area contributed by atoms with Gasteiger partial charge in [0, 0.05) is 5.88 Å². The van der Waals surface area contributed by atoms with Crippen LogP contribution in [-0.4, -0.2) is 5.88 Å². The van der Waals surface area contributed by atoms with Gasteiger partial charge in [0.25, 0.3) is 0 Å². The van der Waals surface area contributed by atoms with Gasteiger partial charge in [0.15, 0.2) is 0 Å². The van der Waals surface area contributed by atoms with E-state index in [2.05, 4.69) is 6.92 Å². The Hall–Kier alpha value is 0.290. The van der Waals surface area contributed by atoms with E-state index in [1.807, 2.05) is 0 Å². The molecule has 1 aliphatic rings.